The van der Waals surface area contributed by atoms with Crippen LogP contribution in [-0.4, -0.2) is 20.2 Å². The fourth-order valence-corrected chi connectivity index (χ4v) is 1.35. The van der Waals surface area contributed by atoms with Crippen molar-refractivity contribution in [3.8, 4) is 0 Å². The summed E-state index contributed by atoms with van der Waals surface area (Å²) < 4.78 is 1.91. The first-order valence-electron chi connectivity index (χ1n) is 5.29. The minimum absolute atomic E-state index is 0.429. The minimum Gasteiger partial charge on any atom is -0.252 e. The molecule has 0 fully saturated rings. The number of unbranched alkanes of at least 4 members (excludes halogenated alkanes) is 1. The monoisotopic (exact) mass is 213 g/mol. The summed E-state index contributed by atoms with van der Waals surface area (Å²) in [6.45, 7) is 5.20. The molecule has 80 valence electrons. The standard InChI is InChI=1S/C10H19N3S/c1-3-4-5-10-8-13(12-11-10)7-6-9(2)14/h8-9,14H,3-7H2,1-2H3. The Hall–Kier alpha value is -0.510. The van der Waals surface area contributed by atoms with Gasteiger partial charge in [-0.15, -0.1) is 5.10 Å². The summed E-state index contributed by atoms with van der Waals surface area (Å²) >= 11 is 4.33. The first-order chi connectivity index (χ1) is 6.72. The average molecular weight is 213 g/mol. The average Bonchev–Trinajstić information content (AvgIpc) is 2.59. The Morgan fingerprint density at radius 3 is 3.00 bits per heavy atom. The number of nitrogens with zero attached hydrogens (tertiary/aromatic N) is 3. The number of hydrogen-bond donors (Lipinski definition) is 1. The first-order valence-corrected chi connectivity index (χ1v) is 5.81. The van der Waals surface area contributed by atoms with Crippen LogP contribution < -0.4 is 0 Å². The molecule has 3 nitrogen and oxygen atoms in total. The second-order valence-electron chi connectivity index (χ2n) is 3.71. The highest BCUT2D eigenvalue weighted by Crippen LogP contribution is 2.04. The molecule has 1 atom stereocenters. The molecule has 4 heteroatoms. The number of aryl methyl sites for hydroxylation is 2. The predicted octanol–water partition coefficient (Wildman–Crippen LogP) is 2.33. The zero-order valence-corrected chi connectivity index (χ0v) is 9.87. The Labute approximate surface area is 91.3 Å². The van der Waals surface area contributed by atoms with Crippen molar-refractivity contribution in [1.29, 1.82) is 0 Å². The summed E-state index contributed by atoms with van der Waals surface area (Å²) in [6, 6.07) is 0. The SMILES string of the molecule is CCCCc1cn(CCC(C)S)nn1. The van der Waals surface area contributed by atoms with Crippen LogP contribution in [0.5, 0.6) is 0 Å². The third-order valence-electron chi connectivity index (χ3n) is 2.15. The minimum atomic E-state index is 0.429. The van der Waals surface area contributed by atoms with Crippen molar-refractivity contribution in [2.75, 3.05) is 0 Å². The molecule has 0 spiro atoms. The summed E-state index contributed by atoms with van der Waals surface area (Å²) in [4.78, 5) is 0. The van der Waals surface area contributed by atoms with Gasteiger partial charge < -0.3 is 0 Å². The van der Waals surface area contributed by atoms with Gasteiger partial charge >= 0.3 is 0 Å². The van der Waals surface area contributed by atoms with Gasteiger partial charge in [0.1, 0.15) is 0 Å². The molecule has 1 heterocycles. The highest BCUT2D eigenvalue weighted by Gasteiger charge is 2.01. The molecule has 0 aliphatic heterocycles. The highest BCUT2D eigenvalue weighted by molar-refractivity contribution is 7.80. The van der Waals surface area contributed by atoms with E-state index in [0.29, 0.717) is 5.25 Å². The van der Waals surface area contributed by atoms with Gasteiger partial charge in [-0.3, -0.25) is 4.68 Å². The van der Waals surface area contributed by atoms with Crippen LogP contribution in [-0.2, 0) is 13.0 Å². The van der Waals surface area contributed by atoms with E-state index in [1.165, 1.54) is 12.8 Å². The van der Waals surface area contributed by atoms with Gasteiger partial charge in [-0.1, -0.05) is 25.5 Å². The molecule has 14 heavy (non-hydrogen) atoms. The lowest BCUT2D eigenvalue weighted by Crippen LogP contribution is -2.03. The predicted molar refractivity (Wildman–Crippen MR) is 61.7 cm³/mol. The van der Waals surface area contributed by atoms with E-state index >= 15 is 0 Å². The maximum atomic E-state index is 4.33. The Morgan fingerprint density at radius 1 is 1.57 bits per heavy atom. The van der Waals surface area contributed by atoms with Crippen LogP contribution >= 0.6 is 12.6 Å². The van der Waals surface area contributed by atoms with E-state index in [2.05, 4.69) is 36.8 Å². The van der Waals surface area contributed by atoms with Crippen molar-refractivity contribution in [3.05, 3.63) is 11.9 Å². The normalized spacial score (nSPS) is 13.1. The molecule has 0 radical (unpaired) electrons. The van der Waals surface area contributed by atoms with Gasteiger partial charge in [-0.05, 0) is 19.3 Å². The summed E-state index contributed by atoms with van der Waals surface area (Å²) in [6.07, 6.45) is 6.54. The molecule has 1 aromatic rings. The molecule has 0 aromatic carbocycles. The van der Waals surface area contributed by atoms with Gasteiger partial charge in [0.25, 0.3) is 0 Å². The Bertz CT molecular complexity index is 258. The van der Waals surface area contributed by atoms with Crippen LogP contribution in [0.4, 0.5) is 0 Å². The number of hydrogen-bond acceptors (Lipinski definition) is 3. The van der Waals surface area contributed by atoms with Crippen LogP contribution in [0.25, 0.3) is 0 Å². The summed E-state index contributed by atoms with van der Waals surface area (Å²) in [5, 5.41) is 8.62. The van der Waals surface area contributed by atoms with Gasteiger partial charge in [0.05, 0.1) is 5.69 Å². The van der Waals surface area contributed by atoms with Crippen molar-refractivity contribution in [2.45, 2.75) is 51.3 Å². The smallest absolute Gasteiger partial charge is 0.0827 e. The van der Waals surface area contributed by atoms with E-state index in [1.54, 1.807) is 0 Å². The number of rotatable bonds is 6. The van der Waals surface area contributed by atoms with Crippen molar-refractivity contribution >= 4 is 12.6 Å². The molecule has 1 unspecified atom stereocenters. The number of aromatic nitrogens is 3. The Balaban J connectivity index is 2.35. The van der Waals surface area contributed by atoms with Crippen LogP contribution in [0.2, 0.25) is 0 Å². The molecule has 0 amide bonds. The molecule has 0 aliphatic carbocycles. The summed E-state index contributed by atoms with van der Waals surface area (Å²) in [5.41, 5.74) is 1.11. The lowest BCUT2D eigenvalue weighted by molar-refractivity contribution is 0.558. The maximum absolute atomic E-state index is 4.33. The fourth-order valence-electron chi connectivity index (χ4n) is 1.24. The lowest BCUT2D eigenvalue weighted by Gasteiger charge is -2.02. The van der Waals surface area contributed by atoms with E-state index in [-0.39, 0.29) is 0 Å². The van der Waals surface area contributed by atoms with Crippen LogP contribution in [0.1, 0.15) is 38.8 Å². The van der Waals surface area contributed by atoms with E-state index < -0.39 is 0 Å². The van der Waals surface area contributed by atoms with E-state index in [0.717, 1.165) is 25.1 Å². The maximum Gasteiger partial charge on any atom is 0.0827 e. The lowest BCUT2D eigenvalue weighted by atomic mass is 10.2. The number of thiol groups is 1. The van der Waals surface area contributed by atoms with Crippen molar-refractivity contribution in [2.24, 2.45) is 0 Å². The molecule has 0 saturated carbocycles. The van der Waals surface area contributed by atoms with Crippen molar-refractivity contribution in [1.82, 2.24) is 15.0 Å². The van der Waals surface area contributed by atoms with Gasteiger partial charge in [-0.2, -0.15) is 12.6 Å². The zero-order valence-electron chi connectivity index (χ0n) is 8.98. The molecular formula is C10H19N3S. The summed E-state index contributed by atoms with van der Waals surface area (Å²) in [5.74, 6) is 0. The molecule has 0 saturated heterocycles. The second-order valence-corrected chi connectivity index (χ2v) is 4.60. The first kappa shape index (κ1) is 11.6. The molecule has 0 bridgehead atoms. The topological polar surface area (TPSA) is 30.7 Å². The van der Waals surface area contributed by atoms with Gasteiger partial charge in [-0.25, -0.2) is 0 Å². The largest absolute Gasteiger partial charge is 0.252 e. The quantitative estimate of drug-likeness (QED) is 0.735. The van der Waals surface area contributed by atoms with Crippen LogP contribution in [0.3, 0.4) is 0 Å². The van der Waals surface area contributed by atoms with Crippen molar-refractivity contribution in [3.63, 3.8) is 0 Å². The van der Waals surface area contributed by atoms with E-state index in [9.17, 15) is 0 Å². The van der Waals surface area contributed by atoms with Crippen LogP contribution in [0.15, 0.2) is 6.20 Å². The molecule has 1 aromatic heterocycles. The Morgan fingerprint density at radius 2 is 2.36 bits per heavy atom. The zero-order chi connectivity index (χ0) is 10.4. The van der Waals surface area contributed by atoms with Gasteiger partial charge in [0, 0.05) is 18.0 Å². The molecule has 1 rings (SSSR count). The van der Waals surface area contributed by atoms with E-state index in [4.69, 9.17) is 0 Å². The molecule has 0 N–H and O–H groups in total. The Kier molecular flexibility index (Phi) is 5.01. The van der Waals surface area contributed by atoms with E-state index in [1.807, 2.05) is 10.9 Å². The fraction of sp³-hybridized carbons (Fsp3) is 0.800. The third kappa shape index (κ3) is 4.13. The molecular weight excluding hydrogens is 194 g/mol. The van der Waals surface area contributed by atoms with Crippen LogP contribution in [0, 0.1) is 0 Å². The molecule has 0 aliphatic rings. The third-order valence-corrected chi connectivity index (χ3v) is 2.41. The second kappa shape index (κ2) is 6.06. The van der Waals surface area contributed by atoms with Gasteiger partial charge in [0.2, 0.25) is 0 Å². The highest BCUT2D eigenvalue weighted by atomic mass is 32.1. The van der Waals surface area contributed by atoms with Gasteiger partial charge in [0.15, 0.2) is 0 Å². The summed E-state index contributed by atoms with van der Waals surface area (Å²) in [7, 11) is 0. The van der Waals surface area contributed by atoms with Crippen molar-refractivity contribution < 1.29 is 0 Å².